The lowest BCUT2D eigenvalue weighted by Gasteiger charge is -2.41. The Hall–Kier alpha value is -0.330. The molecule has 108 valence electrons. The van der Waals surface area contributed by atoms with Crippen LogP contribution in [-0.4, -0.2) is 57.5 Å². The number of nitrogens with one attached hydrogen (secondary N) is 1. The Morgan fingerprint density at radius 1 is 1.28 bits per heavy atom. The zero-order valence-corrected chi connectivity index (χ0v) is 11.1. The van der Waals surface area contributed by atoms with Gasteiger partial charge in [-0.2, -0.15) is 13.2 Å². The molecule has 1 N–H and O–H groups in total. The maximum atomic E-state index is 12.5. The average Bonchev–Trinajstić information content (AvgIpc) is 2.28. The summed E-state index contributed by atoms with van der Waals surface area (Å²) < 4.78 is 42.7. The van der Waals surface area contributed by atoms with E-state index in [1.54, 1.807) is 6.92 Å². The number of ether oxygens (including phenoxy) is 1. The molecule has 1 fully saturated rings. The highest BCUT2D eigenvalue weighted by molar-refractivity contribution is 4.87. The van der Waals surface area contributed by atoms with Crippen LogP contribution in [0, 0.1) is 5.41 Å². The molecule has 0 spiro atoms. The molecule has 1 heterocycles. The van der Waals surface area contributed by atoms with E-state index in [0.717, 1.165) is 19.4 Å². The summed E-state index contributed by atoms with van der Waals surface area (Å²) in [5.41, 5.74) is -0.0890. The lowest BCUT2D eigenvalue weighted by atomic mass is 9.79. The number of halogens is 3. The molecule has 1 aliphatic rings. The second-order valence-corrected chi connectivity index (χ2v) is 5.06. The number of hydrogen-bond donors (Lipinski definition) is 1. The molecule has 0 amide bonds. The standard InChI is InChI=1S/C12H23F3N2O/c1-3-17(10-12(13,14)15)9-11(8-16-2)4-6-18-7-5-11/h16H,3-10H2,1-2H3. The molecule has 3 nitrogen and oxygen atoms in total. The summed E-state index contributed by atoms with van der Waals surface area (Å²) in [6.45, 7) is 3.88. The molecule has 1 saturated heterocycles. The van der Waals surface area contributed by atoms with Gasteiger partial charge in [0.05, 0.1) is 6.54 Å². The van der Waals surface area contributed by atoms with Crippen LogP contribution in [0.25, 0.3) is 0 Å². The smallest absolute Gasteiger partial charge is 0.381 e. The normalized spacial score (nSPS) is 20.3. The van der Waals surface area contributed by atoms with Crippen LogP contribution in [0.4, 0.5) is 13.2 Å². The van der Waals surface area contributed by atoms with E-state index in [9.17, 15) is 13.2 Å². The number of hydrogen-bond acceptors (Lipinski definition) is 3. The minimum absolute atomic E-state index is 0.0890. The van der Waals surface area contributed by atoms with Gasteiger partial charge in [0, 0.05) is 26.3 Å². The molecule has 0 aromatic rings. The molecular weight excluding hydrogens is 245 g/mol. The summed E-state index contributed by atoms with van der Waals surface area (Å²) >= 11 is 0. The Bertz CT molecular complexity index is 234. The van der Waals surface area contributed by atoms with Crippen molar-refractivity contribution in [3.8, 4) is 0 Å². The van der Waals surface area contributed by atoms with Crippen molar-refractivity contribution in [3.05, 3.63) is 0 Å². The largest absolute Gasteiger partial charge is 0.401 e. The molecule has 1 rings (SSSR count). The first-order valence-electron chi connectivity index (χ1n) is 6.42. The predicted octanol–water partition coefficient (Wildman–Crippen LogP) is 1.89. The molecule has 0 radical (unpaired) electrons. The van der Waals surface area contributed by atoms with Crippen molar-refractivity contribution >= 4 is 0 Å². The maximum absolute atomic E-state index is 12.5. The molecule has 18 heavy (non-hydrogen) atoms. The first-order chi connectivity index (χ1) is 8.41. The average molecular weight is 268 g/mol. The van der Waals surface area contributed by atoms with Gasteiger partial charge in [-0.3, -0.25) is 4.90 Å². The van der Waals surface area contributed by atoms with Gasteiger partial charge >= 0.3 is 6.18 Å². The van der Waals surface area contributed by atoms with Gasteiger partial charge in [0.15, 0.2) is 0 Å². The van der Waals surface area contributed by atoms with E-state index >= 15 is 0 Å². The third kappa shape index (κ3) is 5.12. The monoisotopic (exact) mass is 268 g/mol. The summed E-state index contributed by atoms with van der Waals surface area (Å²) in [7, 11) is 1.84. The van der Waals surface area contributed by atoms with Gasteiger partial charge in [-0.25, -0.2) is 0 Å². The van der Waals surface area contributed by atoms with E-state index in [0.29, 0.717) is 26.3 Å². The third-order valence-corrected chi connectivity index (χ3v) is 3.51. The van der Waals surface area contributed by atoms with Crippen LogP contribution < -0.4 is 5.32 Å². The summed E-state index contributed by atoms with van der Waals surface area (Å²) in [4.78, 5) is 1.49. The van der Waals surface area contributed by atoms with Crippen molar-refractivity contribution in [2.24, 2.45) is 5.41 Å². The fourth-order valence-corrected chi connectivity index (χ4v) is 2.58. The Morgan fingerprint density at radius 2 is 1.89 bits per heavy atom. The highest BCUT2D eigenvalue weighted by Crippen LogP contribution is 2.31. The zero-order valence-electron chi connectivity index (χ0n) is 11.1. The van der Waals surface area contributed by atoms with Gasteiger partial charge in [0.1, 0.15) is 0 Å². The van der Waals surface area contributed by atoms with Crippen molar-refractivity contribution in [2.75, 3.05) is 46.4 Å². The van der Waals surface area contributed by atoms with E-state index in [1.807, 2.05) is 7.05 Å². The first kappa shape index (κ1) is 15.7. The van der Waals surface area contributed by atoms with E-state index in [2.05, 4.69) is 5.32 Å². The molecule has 0 aliphatic carbocycles. The number of rotatable bonds is 6. The van der Waals surface area contributed by atoms with E-state index in [-0.39, 0.29) is 5.41 Å². The molecular formula is C12H23F3N2O. The van der Waals surface area contributed by atoms with Crippen molar-refractivity contribution < 1.29 is 17.9 Å². The summed E-state index contributed by atoms with van der Waals surface area (Å²) in [5.74, 6) is 0. The summed E-state index contributed by atoms with van der Waals surface area (Å²) in [5, 5.41) is 3.11. The fourth-order valence-electron chi connectivity index (χ4n) is 2.58. The highest BCUT2D eigenvalue weighted by Gasteiger charge is 2.37. The second-order valence-electron chi connectivity index (χ2n) is 5.06. The molecule has 0 aromatic heterocycles. The molecule has 6 heteroatoms. The Labute approximate surface area is 107 Å². The molecule has 0 unspecified atom stereocenters. The Morgan fingerprint density at radius 3 is 2.33 bits per heavy atom. The minimum Gasteiger partial charge on any atom is -0.381 e. The van der Waals surface area contributed by atoms with Gasteiger partial charge in [-0.15, -0.1) is 0 Å². The highest BCUT2D eigenvalue weighted by atomic mass is 19.4. The Balaban J connectivity index is 2.62. The van der Waals surface area contributed by atoms with Crippen molar-refractivity contribution in [1.82, 2.24) is 10.2 Å². The van der Waals surface area contributed by atoms with Gasteiger partial charge in [-0.05, 0) is 31.8 Å². The zero-order chi connectivity index (χ0) is 13.6. The van der Waals surface area contributed by atoms with Gasteiger partial charge in [0.25, 0.3) is 0 Å². The van der Waals surface area contributed by atoms with Crippen LogP contribution in [-0.2, 0) is 4.74 Å². The lowest BCUT2D eigenvalue weighted by molar-refractivity contribution is -0.150. The van der Waals surface area contributed by atoms with Crippen LogP contribution in [0.3, 0.4) is 0 Å². The van der Waals surface area contributed by atoms with Gasteiger partial charge < -0.3 is 10.1 Å². The molecule has 0 saturated carbocycles. The summed E-state index contributed by atoms with van der Waals surface area (Å²) in [6.07, 6.45) is -2.48. The molecule has 0 atom stereocenters. The van der Waals surface area contributed by atoms with Crippen LogP contribution >= 0.6 is 0 Å². The third-order valence-electron chi connectivity index (χ3n) is 3.51. The predicted molar refractivity (Wildman–Crippen MR) is 64.6 cm³/mol. The topological polar surface area (TPSA) is 24.5 Å². The van der Waals surface area contributed by atoms with Gasteiger partial charge in [0.2, 0.25) is 0 Å². The first-order valence-corrected chi connectivity index (χ1v) is 6.42. The lowest BCUT2D eigenvalue weighted by Crippen LogP contribution is -2.48. The van der Waals surface area contributed by atoms with Crippen LogP contribution in [0.1, 0.15) is 19.8 Å². The van der Waals surface area contributed by atoms with Crippen molar-refractivity contribution in [3.63, 3.8) is 0 Å². The minimum atomic E-state index is -4.12. The molecule has 0 aromatic carbocycles. The van der Waals surface area contributed by atoms with Crippen LogP contribution in [0.5, 0.6) is 0 Å². The number of nitrogens with zero attached hydrogens (tertiary/aromatic N) is 1. The number of alkyl halides is 3. The summed E-state index contributed by atoms with van der Waals surface area (Å²) in [6, 6.07) is 0. The fraction of sp³-hybridized carbons (Fsp3) is 1.00. The van der Waals surface area contributed by atoms with Crippen LogP contribution in [0.2, 0.25) is 0 Å². The quantitative estimate of drug-likeness (QED) is 0.796. The van der Waals surface area contributed by atoms with E-state index in [4.69, 9.17) is 4.74 Å². The van der Waals surface area contributed by atoms with Crippen molar-refractivity contribution in [2.45, 2.75) is 25.9 Å². The van der Waals surface area contributed by atoms with E-state index in [1.165, 1.54) is 4.90 Å². The van der Waals surface area contributed by atoms with Crippen LogP contribution in [0.15, 0.2) is 0 Å². The van der Waals surface area contributed by atoms with Crippen molar-refractivity contribution in [1.29, 1.82) is 0 Å². The maximum Gasteiger partial charge on any atom is 0.401 e. The Kier molecular flexibility index (Phi) is 5.88. The molecule has 0 bridgehead atoms. The SMILES string of the molecule is CCN(CC(F)(F)F)CC1(CNC)CCOCC1. The second kappa shape index (κ2) is 6.73. The van der Waals surface area contributed by atoms with E-state index < -0.39 is 12.7 Å². The molecule has 1 aliphatic heterocycles. The van der Waals surface area contributed by atoms with Gasteiger partial charge in [-0.1, -0.05) is 6.92 Å².